The maximum atomic E-state index is 12.2. The molecule has 120 valence electrons. The number of amides is 1. The molecule has 1 N–H and O–H groups in total. The van der Waals surface area contributed by atoms with Gasteiger partial charge >= 0.3 is 0 Å². The van der Waals surface area contributed by atoms with Gasteiger partial charge in [-0.15, -0.1) is 0 Å². The third-order valence-electron chi connectivity index (χ3n) is 3.55. The number of halogens is 1. The number of hydrogen-bond acceptors (Lipinski definition) is 4. The van der Waals surface area contributed by atoms with E-state index in [1.54, 1.807) is 31.4 Å². The molecule has 5 nitrogen and oxygen atoms in total. The standard InChI is InChI=1S/C16H21ClN2O3/c1-11-10-19(7-6-18-11)15(20)5-4-12-8-13(17)16(22-3)14(9-12)21-2/h4-5,8-9,11,18H,6-7,10H2,1-3H3. The molecule has 1 atom stereocenters. The first kappa shape index (κ1) is 16.6. The van der Waals surface area contributed by atoms with Crippen molar-refractivity contribution >= 4 is 23.6 Å². The minimum absolute atomic E-state index is 0.000688. The number of carbonyl (C=O) groups is 1. The summed E-state index contributed by atoms with van der Waals surface area (Å²) in [4.78, 5) is 14.0. The average Bonchev–Trinajstić information content (AvgIpc) is 2.51. The van der Waals surface area contributed by atoms with Crippen molar-refractivity contribution < 1.29 is 14.3 Å². The highest BCUT2D eigenvalue weighted by Crippen LogP contribution is 2.36. The quantitative estimate of drug-likeness (QED) is 0.863. The Hall–Kier alpha value is -1.72. The molecule has 0 spiro atoms. The Morgan fingerprint density at radius 1 is 1.41 bits per heavy atom. The van der Waals surface area contributed by atoms with Crippen LogP contribution >= 0.6 is 11.6 Å². The number of ether oxygens (including phenoxy) is 2. The Kier molecular flexibility index (Phi) is 5.69. The summed E-state index contributed by atoms with van der Waals surface area (Å²) in [6.45, 7) is 4.33. The second kappa shape index (κ2) is 7.51. The summed E-state index contributed by atoms with van der Waals surface area (Å²) in [6.07, 6.45) is 3.30. The van der Waals surface area contributed by atoms with Crippen LogP contribution in [-0.2, 0) is 4.79 Å². The fraction of sp³-hybridized carbons (Fsp3) is 0.438. The number of rotatable bonds is 4. The summed E-state index contributed by atoms with van der Waals surface area (Å²) in [5.41, 5.74) is 0.791. The second-order valence-corrected chi connectivity index (χ2v) is 5.62. The number of hydrogen-bond donors (Lipinski definition) is 1. The maximum Gasteiger partial charge on any atom is 0.246 e. The molecule has 0 aromatic heterocycles. The van der Waals surface area contributed by atoms with Gasteiger partial charge in [0.05, 0.1) is 19.2 Å². The first-order valence-corrected chi connectivity index (χ1v) is 7.55. The number of piperazine rings is 1. The van der Waals surface area contributed by atoms with Crippen molar-refractivity contribution in [2.75, 3.05) is 33.9 Å². The summed E-state index contributed by atoms with van der Waals surface area (Å²) in [6, 6.07) is 3.85. The third kappa shape index (κ3) is 3.93. The number of nitrogens with one attached hydrogen (secondary N) is 1. The molecule has 0 radical (unpaired) electrons. The normalized spacial score (nSPS) is 18.5. The van der Waals surface area contributed by atoms with Gasteiger partial charge in [-0.1, -0.05) is 11.6 Å². The van der Waals surface area contributed by atoms with Crippen molar-refractivity contribution in [2.24, 2.45) is 0 Å². The van der Waals surface area contributed by atoms with E-state index in [1.807, 2.05) is 4.90 Å². The number of benzene rings is 1. The van der Waals surface area contributed by atoms with E-state index in [0.717, 1.165) is 25.2 Å². The van der Waals surface area contributed by atoms with Crippen LogP contribution in [0.4, 0.5) is 0 Å². The lowest BCUT2D eigenvalue weighted by molar-refractivity contribution is -0.127. The molecule has 1 aromatic carbocycles. The summed E-state index contributed by atoms with van der Waals surface area (Å²) >= 11 is 6.15. The first-order valence-electron chi connectivity index (χ1n) is 7.17. The predicted octanol–water partition coefficient (Wildman–Crippen LogP) is 2.19. The molecular weight excluding hydrogens is 304 g/mol. The molecule has 2 rings (SSSR count). The summed E-state index contributed by atoms with van der Waals surface area (Å²) in [5.74, 6) is 1.03. The molecule has 0 bridgehead atoms. The second-order valence-electron chi connectivity index (χ2n) is 5.21. The SMILES string of the molecule is COc1cc(C=CC(=O)N2CCNC(C)C2)cc(Cl)c1OC. The Morgan fingerprint density at radius 3 is 2.82 bits per heavy atom. The summed E-state index contributed by atoms with van der Waals surface area (Å²) in [7, 11) is 3.09. The fourth-order valence-electron chi connectivity index (χ4n) is 2.44. The van der Waals surface area contributed by atoms with E-state index in [2.05, 4.69) is 12.2 Å². The fourth-order valence-corrected chi connectivity index (χ4v) is 2.74. The van der Waals surface area contributed by atoms with Crippen LogP contribution in [0, 0.1) is 0 Å². The van der Waals surface area contributed by atoms with Crippen LogP contribution < -0.4 is 14.8 Å². The van der Waals surface area contributed by atoms with Crippen molar-refractivity contribution in [3.63, 3.8) is 0 Å². The van der Waals surface area contributed by atoms with Crippen LogP contribution in [0.3, 0.4) is 0 Å². The molecule has 1 fully saturated rings. The minimum Gasteiger partial charge on any atom is -0.493 e. The van der Waals surface area contributed by atoms with E-state index in [-0.39, 0.29) is 5.91 Å². The predicted molar refractivity (Wildman–Crippen MR) is 87.6 cm³/mol. The lowest BCUT2D eigenvalue weighted by atomic mass is 10.1. The number of carbonyl (C=O) groups excluding carboxylic acids is 1. The zero-order chi connectivity index (χ0) is 16.1. The maximum absolute atomic E-state index is 12.2. The van der Waals surface area contributed by atoms with Crippen molar-refractivity contribution in [3.05, 3.63) is 28.8 Å². The Morgan fingerprint density at radius 2 is 2.18 bits per heavy atom. The van der Waals surface area contributed by atoms with E-state index in [9.17, 15) is 4.79 Å². The van der Waals surface area contributed by atoms with Crippen LogP contribution in [0.2, 0.25) is 5.02 Å². The molecular formula is C16H21ClN2O3. The van der Waals surface area contributed by atoms with Crippen LogP contribution in [-0.4, -0.2) is 50.7 Å². The van der Waals surface area contributed by atoms with Gasteiger partial charge in [-0.25, -0.2) is 0 Å². The van der Waals surface area contributed by atoms with E-state index in [0.29, 0.717) is 22.6 Å². The van der Waals surface area contributed by atoms with Gasteiger partial charge in [-0.05, 0) is 30.7 Å². The number of methoxy groups -OCH3 is 2. The molecule has 0 saturated carbocycles. The van der Waals surface area contributed by atoms with Gasteiger partial charge in [-0.2, -0.15) is 0 Å². The minimum atomic E-state index is -0.000688. The van der Waals surface area contributed by atoms with Gasteiger partial charge in [-0.3, -0.25) is 4.79 Å². The molecule has 1 amide bonds. The van der Waals surface area contributed by atoms with Gasteiger partial charge in [0.1, 0.15) is 0 Å². The smallest absolute Gasteiger partial charge is 0.246 e. The van der Waals surface area contributed by atoms with E-state index >= 15 is 0 Å². The van der Waals surface area contributed by atoms with E-state index in [4.69, 9.17) is 21.1 Å². The lowest BCUT2D eigenvalue weighted by Crippen LogP contribution is -2.50. The van der Waals surface area contributed by atoms with Crippen LogP contribution in [0.5, 0.6) is 11.5 Å². The molecule has 1 aliphatic heterocycles. The molecule has 1 aliphatic rings. The van der Waals surface area contributed by atoms with Gasteiger partial charge < -0.3 is 19.7 Å². The molecule has 22 heavy (non-hydrogen) atoms. The topological polar surface area (TPSA) is 50.8 Å². The first-order chi connectivity index (χ1) is 10.5. The Balaban J connectivity index is 2.12. The molecule has 0 aliphatic carbocycles. The highest BCUT2D eigenvalue weighted by atomic mass is 35.5. The lowest BCUT2D eigenvalue weighted by Gasteiger charge is -2.31. The van der Waals surface area contributed by atoms with Gasteiger partial charge in [0.15, 0.2) is 11.5 Å². The highest BCUT2D eigenvalue weighted by molar-refractivity contribution is 6.32. The molecule has 1 saturated heterocycles. The summed E-state index contributed by atoms with van der Waals surface area (Å²) < 4.78 is 10.4. The monoisotopic (exact) mass is 324 g/mol. The molecule has 6 heteroatoms. The van der Waals surface area contributed by atoms with Crippen molar-refractivity contribution in [1.29, 1.82) is 0 Å². The van der Waals surface area contributed by atoms with Crippen LogP contribution in [0.1, 0.15) is 12.5 Å². The molecule has 1 aromatic rings. The van der Waals surface area contributed by atoms with Gasteiger partial charge in [0.25, 0.3) is 0 Å². The van der Waals surface area contributed by atoms with E-state index in [1.165, 1.54) is 7.11 Å². The van der Waals surface area contributed by atoms with Crippen molar-refractivity contribution in [2.45, 2.75) is 13.0 Å². The molecule has 1 heterocycles. The largest absolute Gasteiger partial charge is 0.493 e. The van der Waals surface area contributed by atoms with Crippen molar-refractivity contribution in [1.82, 2.24) is 10.2 Å². The molecule has 1 unspecified atom stereocenters. The summed E-state index contributed by atoms with van der Waals surface area (Å²) in [5, 5.41) is 3.76. The van der Waals surface area contributed by atoms with Gasteiger partial charge in [0, 0.05) is 31.8 Å². The van der Waals surface area contributed by atoms with E-state index < -0.39 is 0 Å². The average molecular weight is 325 g/mol. The van der Waals surface area contributed by atoms with Crippen LogP contribution in [0.15, 0.2) is 18.2 Å². The highest BCUT2D eigenvalue weighted by Gasteiger charge is 2.18. The zero-order valence-corrected chi connectivity index (χ0v) is 13.8. The van der Waals surface area contributed by atoms with Crippen molar-refractivity contribution in [3.8, 4) is 11.5 Å². The zero-order valence-electron chi connectivity index (χ0n) is 13.1. The van der Waals surface area contributed by atoms with Gasteiger partial charge in [0.2, 0.25) is 5.91 Å². The third-order valence-corrected chi connectivity index (χ3v) is 3.84. The Labute approximate surface area is 135 Å². The Bertz CT molecular complexity index is 575. The van der Waals surface area contributed by atoms with Crippen LogP contribution in [0.25, 0.3) is 6.08 Å². The number of nitrogens with zero attached hydrogens (tertiary/aromatic N) is 1.